The summed E-state index contributed by atoms with van der Waals surface area (Å²) in [4.78, 5) is 12.4. The van der Waals surface area contributed by atoms with Gasteiger partial charge in [0.25, 0.3) is 5.91 Å². The van der Waals surface area contributed by atoms with E-state index in [1.165, 1.54) is 19.2 Å². The zero-order valence-corrected chi connectivity index (χ0v) is 20.1. The Morgan fingerprint density at radius 2 is 1.86 bits per heavy atom. The van der Waals surface area contributed by atoms with Crippen LogP contribution in [0.5, 0.6) is 0 Å². The third-order valence-electron chi connectivity index (χ3n) is 4.17. The number of aromatic nitrogens is 3. The third kappa shape index (κ3) is 7.35. The Morgan fingerprint density at radius 1 is 1.25 bits per heavy atom. The van der Waals surface area contributed by atoms with E-state index >= 15 is 0 Å². The van der Waals surface area contributed by atoms with E-state index in [0.717, 1.165) is 26.2 Å². The van der Waals surface area contributed by atoms with Gasteiger partial charge in [-0.2, -0.15) is 18.3 Å². The average Bonchev–Trinajstić information content (AvgIpc) is 3.36. The highest BCUT2D eigenvalue weighted by atomic mass is 35.5. The maximum atomic E-state index is 14.2. The summed E-state index contributed by atoms with van der Waals surface area (Å²) in [5.41, 5.74) is -2.76. The highest BCUT2D eigenvalue weighted by Gasteiger charge is 2.41. The first-order valence-corrected chi connectivity index (χ1v) is 10.1. The molecule has 0 spiro atoms. The van der Waals surface area contributed by atoms with E-state index in [1.807, 2.05) is 0 Å². The molecule has 13 heteroatoms. The Bertz CT molecular complexity index is 1250. The van der Waals surface area contributed by atoms with Crippen molar-refractivity contribution in [2.45, 2.75) is 13.1 Å². The minimum absolute atomic E-state index is 0.165. The van der Waals surface area contributed by atoms with Crippen LogP contribution in [0.25, 0.3) is 16.9 Å². The summed E-state index contributed by atoms with van der Waals surface area (Å²) in [7, 11) is 2.34. The van der Waals surface area contributed by atoms with E-state index in [-0.39, 0.29) is 16.3 Å². The van der Waals surface area contributed by atoms with Crippen molar-refractivity contribution in [3.8, 4) is 11.3 Å². The fourth-order valence-electron chi connectivity index (χ4n) is 2.76. The predicted molar refractivity (Wildman–Crippen MR) is 125 cm³/mol. The largest absolute Gasteiger partial charge is 0.433 e. The first-order chi connectivity index (χ1) is 16.7. The summed E-state index contributed by atoms with van der Waals surface area (Å²) >= 11 is 6.04. The second kappa shape index (κ2) is 12.8. The second-order valence-corrected chi connectivity index (χ2v) is 7.09. The summed E-state index contributed by atoms with van der Waals surface area (Å²) in [6.45, 7) is 10.4. The predicted octanol–water partition coefficient (Wildman–Crippen LogP) is 6.97. The van der Waals surface area contributed by atoms with Gasteiger partial charge < -0.3 is 9.84 Å². The van der Waals surface area contributed by atoms with Crippen molar-refractivity contribution < 1.29 is 35.7 Å². The molecule has 2 heterocycles. The van der Waals surface area contributed by atoms with Gasteiger partial charge in [-0.3, -0.25) is 9.48 Å². The molecule has 0 aliphatic rings. The Labute approximate surface area is 207 Å². The maximum absolute atomic E-state index is 14.2. The van der Waals surface area contributed by atoms with Crippen molar-refractivity contribution in [2.75, 3.05) is 7.05 Å². The molecule has 0 aliphatic carbocycles. The number of nitrogens with zero attached hydrogens (tertiary/aromatic N) is 3. The average molecular weight is 535 g/mol. The lowest BCUT2D eigenvalue weighted by Gasteiger charge is -2.10. The molecule has 0 aromatic carbocycles. The van der Waals surface area contributed by atoms with Gasteiger partial charge in [-0.1, -0.05) is 42.6 Å². The molecule has 2 aromatic heterocycles. The van der Waals surface area contributed by atoms with Crippen molar-refractivity contribution in [1.29, 1.82) is 0 Å². The third-order valence-corrected chi connectivity index (χ3v) is 4.49. The summed E-state index contributed by atoms with van der Waals surface area (Å²) in [5, 5.41) is 9.31. The molecule has 0 unspecified atom stereocenters. The molecule has 0 bridgehead atoms. The molecule has 194 valence electrons. The first kappa shape index (κ1) is 30.2. The fraction of sp³-hybridized carbons (Fsp3) is 0.174. The molecule has 0 fully saturated rings. The number of rotatable bonds is 7. The molecule has 0 saturated heterocycles. The van der Waals surface area contributed by atoms with Crippen molar-refractivity contribution in [3.63, 3.8) is 0 Å². The topological polar surface area (TPSA) is 73.0 Å². The van der Waals surface area contributed by atoms with Crippen LogP contribution in [0, 0.1) is 0 Å². The van der Waals surface area contributed by atoms with Crippen LogP contribution in [0.15, 0.2) is 77.3 Å². The molecule has 2 rings (SSSR count). The van der Waals surface area contributed by atoms with Gasteiger partial charge in [0.1, 0.15) is 28.7 Å². The van der Waals surface area contributed by atoms with E-state index in [2.05, 4.69) is 35.3 Å². The lowest BCUT2D eigenvalue weighted by Crippen LogP contribution is -2.20. The van der Waals surface area contributed by atoms with E-state index < -0.39 is 52.1 Å². The molecular formula is C23H21ClF6N4O2. The molecule has 36 heavy (non-hydrogen) atoms. The SMILES string of the molecule is C=C/C(F)=C\C(=C)F.C=C/C=C(Cl)\C(=C(/C)F)c1noc(-c2cnn(C)c2C(F)(F)F)c1C(=O)NC. The normalized spacial score (nSPS) is 12.8. The van der Waals surface area contributed by atoms with Crippen LogP contribution < -0.4 is 5.32 Å². The zero-order valence-electron chi connectivity index (χ0n) is 19.3. The Morgan fingerprint density at radius 3 is 2.28 bits per heavy atom. The quantitative estimate of drug-likeness (QED) is 0.307. The summed E-state index contributed by atoms with van der Waals surface area (Å²) in [5.74, 6) is -3.70. The van der Waals surface area contributed by atoms with Crippen LogP contribution in [0.2, 0.25) is 0 Å². The maximum Gasteiger partial charge on any atom is 0.433 e. The smallest absolute Gasteiger partial charge is 0.355 e. The summed E-state index contributed by atoms with van der Waals surface area (Å²) < 4.78 is 83.5. The van der Waals surface area contributed by atoms with Crippen molar-refractivity contribution in [1.82, 2.24) is 20.3 Å². The van der Waals surface area contributed by atoms with Gasteiger partial charge in [-0.15, -0.1) is 0 Å². The molecule has 0 saturated carbocycles. The van der Waals surface area contributed by atoms with Crippen molar-refractivity contribution in [3.05, 3.63) is 89.7 Å². The standard InChI is InChI=1S/C17H15ClF4N4O2.C6H6F2/c1-5-6-10(18)11(8(2)19)13-12(16(27)23-3)14(28-25-13)9-7-24-26(4)15(9)17(20,21)22;1-3-6(8)4-5(2)7/h5-7H,1H2,2-4H3,(H,23,27);3-4H,1-2H2/b10-6+,11-8-;6-4+. The molecule has 0 radical (unpaired) electrons. The van der Waals surface area contributed by atoms with Crippen LogP contribution >= 0.6 is 11.6 Å². The molecular weight excluding hydrogens is 514 g/mol. The number of aryl methyl sites for hydroxylation is 1. The summed E-state index contributed by atoms with van der Waals surface area (Å²) in [6, 6.07) is 0. The number of amides is 1. The molecule has 2 aromatic rings. The number of nitrogens with one attached hydrogen (secondary N) is 1. The highest BCUT2D eigenvalue weighted by molar-refractivity contribution is 6.37. The molecule has 1 N–H and O–H groups in total. The van der Waals surface area contributed by atoms with Gasteiger partial charge in [-0.05, 0) is 19.1 Å². The number of allylic oxidation sites excluding steroid dienone is 9. The Balaban J connectivity index is 0.000000697. The number of alkyl halides is 3. The van der Waals surface area contributed by atoms with E-state index in [9.17, 15) is 31.1 Å². The first-order valence-electron chi connectivity index (χ1n) is 9.71. The highest BCUT2D eigenvalue weighted by Crippen LogP contribution is 2.41. The fourth-order valence-corrected chi connectivity index (χ4v) is 3.07. The van der Waals surface area contributed by atoms with Gasteiger partial charge in [0.15, 0.2) is 11.5 Å². The Kier molecular flexibility index (Phi) is 10.7. The zero-order chi connectivity index (χ0) is 27.8. The van der Waals surface area contributed by atoms with Gasteiger partial charge in [-0.25, -0.2) is 13.2 Å². The van der Waals surface area contributed by atoms with Gasteiger partial charge in [0, 0.05) is 20.2 Å². The second-order valence-electron chi connectivity index (χ2n) is 6.68. The van der Waals surface area contributed by atoms with Gasteiger partial charge in [0.2, 0.25) is 0 Å². The minimum atomic E-state index is -4.79. The molecule has 0 atom stereocenters. The van der Waals surface area contributed by atoms with Crippen molar-refractivity contribution >= 4 is 23.1 Å². The molecule has 1 amide bonds. The minimum Gasteiger partial charge on any atom is -0.355 e. The number of carbonyl (C=O) groups excluding carboxylic acids is 1. The number of halogens is 7. The van der Waals surface area contributed by atoms with Crippen LogP contribution in [-0.4, -0.2) is 27.9 Å². The van der Waals surface area contributed by atoms with Crippen LogP contribution in [0.4, 0.5) is 26.3 Å². The van der Waals surface area contributed by atoms with Crippen LogP contribution in [-0.2, 0) is 13.2 Å². The summed E-state index contributed by atoms with van der Waals surface area (Å²) in [6.07, 6.45) is 0.175. The van der Waals surface area contributed by atoms with E-state index in [0.29, 0.717) is 10.8 Å². The van der Waals surface area contributed by atoms with Crippen molar-refractivity contribution in [2.24, 2.45) is 7.05 Å². The Hall–Kier alpha value is -3.80. The van der Waals surface area contributed by atoms with E-state index in [4.69, 9.17) is 16.1 Å². The van der Waals surface area contributed by atoms with Crippen LogP contribution in [0.1, 0.15) is 28.7 Å². The van der Waals surface area contributed by atoms with Crippen LogP contribution in [0.3, 0.4) is 0 Å². The number of carbonyl (C=O) groups is 1. The number of hydrogen-bond acceptors (Lipinski definition) is 4. The molecule has 6 nitrogen and oxygen atoms in total. The molecule has 0 aliphatic heterocycles. The van der Waals surface area contributed by atoms with E-state index in [1.54, 1.807) is 0 Å². The monoisotopic (exact) mass is 534 g/mol. The lowest BCUT2D eigenvalue weighted by molar-refractivity contribution is -0.143. The van der Waals surface area contributed by atoms with Gasteiger partial charge in [0.05, 0.1) is 22.4 Å². The van der Waals surface area contributed by atoms with Gasteiger partial charge >= 0.3 is 6.18 Å². The lowest BCUT2D eigenvalue weighted by atomic mass is 10.0. The number of hydrogen-bond donors (Lipinski definition) is 1.